The van der Waals surface area contributed by atoms with Gasteiger partial charge in [-0.05, 0) is 18.2 Å². The normalized spacial score (nSPS) is 12.3. The molecule has 0 amide bonds. The van der Waals surface area contributed by atoms with Crippen molar-refractivity contribution in [2.24, 2.45) is 0 Å². The SMILES string of the molecule is O=S(=O)(O)C=Cc1ccc(F)c(F)c1F. The Morgan fingerprint density at radius 3 is 2.27 bits per heavy atom. The second-order valence-electron chi connectivity index (χ2n) is 2.58. The fourth-order valence-corrected chi connectivity index (χ4v) is 1.15. The maximum atomic E-state index is 12.9. The zero-order valence-electron chi connectivity index (χ0n) is 7.12. The van der Waals surface area contributed by atoms with E-state index in [0.29, 0.717) is 12.1 Å². The molecule has 0 radical (unpaired) electrons. The average Bonchev–Trinajstić information content (AvgIpc) is 2.12. The molecule has 1 aromatic rings. The highest BCUT2D eigenvalue weighted by molar-refractivity contribution is 7.88. The van der Waals surface area contributed by atoms with Gasteiger partial charge in [-0.1, -0.05) is 0 Å². The number of hydrogen-bond acceptors (Lipinski definition) is 2. The molecule has 0 unspecified atom stereocenters. The Balaban J connectivity index is 3.19. The number of hydrogen-bond donors (Lipinski definition) is 1. The molecule has 0 aliphatic carbocycles. The largest absolute Gasteiger partial charge is 0.287 e. The second kappa shape index (κ2) is 4.03. The summed E-state index contributed by atoms with van der Waals surface area (Å²) in [7, 11) is -4.43. The Morgan fingerprint density at radius 2 is 1.73 bits per heavy atom. The van der Waals surface area contributed by atoms with Gasteiger partial charge in [0.1, 0.15) is 0 Å². The summed E-state index contributed by atoms with van der Waals surface area (Å²) in [5, 5.41) is 0.267. The number of benzene rings is 1. The van der Waals surface area contributed by atoms with Gasteiger partial charge in [-0.15, -0.1) is 0 Å². The maximum Gasteiger partial charge on any atom is 0.287 e. The van der Waals surface area contributed by atoms with E-state index >= 15 is 0 Å². The number of halogens is 3. The monoisotopic (exact) mass is 238 g/mol. The summed E-state index contributed by atoms with van der Waals surface area (Å²) in [4.78, 5) is 0. The molecule has 0 saturated heterocycles. The first-order valence-electron chi connectivity index (χ1n) is 3.60. The van der Waals surface area contributed by atoms with E-state index in [1.54, 1.807) is 0 Å². The summed E-state index contributed by atoms with van der Waals surface area (Å²) in [5.41, 5.74) is -0.480. The first-order valence-corrected chi connectivity index (χ1v) is 5.10. The lowest BCUT2D eigenvalue weighted by molar-refractivity contribution is 0.446. The highest BCUT2D eigenvalue weighted by atomic mass is 32.2. The highest BCUT2D eigenvalue weighted by Crippen LogP contribution is 2.16. The van der Waals surface area contributed by atoms with Crippen molar-refractivity contribution in [1.82, 2.24) is 0 Å². The average molecular weight is 238 g/mol. The first kappa shape index (κ1) is 11.7. The first-order chi connectivity index (χ1) is 6.81. The quantitative estimate of drug-likeness (QED) is 0.633. The molecule has 0 fully saturated rings. The smallest absolute Gasteiger partial charge is 0.282 e. The molecule has 7 heteroatoms. The maximum absolute atomic E-state index is 12.9. The molecule has 0 saturated carbocycles. The van der Waals surface area contributed by atoms with Gasteiger partial charge >= 0.3 is 0 Å². The van der Waals surface area contributed by atoms with Gasteiger partial charge in [-0.2, -0.15) is 8.42 Å². The van der Waals surface area contributed by atoms with Crippen molar-refractivity contribution in [3.05, 3.63) is 40.6 Å². The summed E-state index contributed by atoms with van der Waals surface area (Å²) in [6.07, 6.45) is 0.618. The van der Waals surface area contributed by atoms with Crippen molar-refractivity contribution in [1.29, 1.82) is 0 Å². The lowest BCUT2D eigenvalue weighted by Crippen LogP contribution is -1.94. The van der Waals surface area contributed by atoms with E-state index in [4.69, 9.17) is 4.55 Å². The van der Waals surface area contributed by atoms with Crippen LogP contribution in [0.1, 0.15) is 5.56 Å². The predicted molar refractivity (Wildman–Crippen MR) is 46.9 cm³/mol. The van der Waals surface area contributed by atoms with Crippen molar-refractivity contribution >= 4 is 16.2 Å². The van der Waals surface area contributed by atoms with Crippen LogP contribution in [0.5, 0.6) is 0 Å². The number of rotatable bonds is 2. The molecule has 3 nitrogen and oxygen atoms in total. The molecule has 0 heterocycles. The van der Waals surface area contributed by atoms with Crippen LogP contribution in [0.2, 0.25) is 0 Å². The van der Waals surface area contributed by atoms with E-state index in [2.05, 4.69) is 0 Å². The van der Waals surface area contributed by atoms with Crippen LogP contribution in [-0.2, 0) is 10.1 Å². The summed E-state index contributed by atoms with van der Waals surface area (Å²) < 4.78 is 66.7. The fraction of sp³-hybridized carbons (Fsp3) is 0. The van der Waals surface area contributed by atoms with Crippen LogP contribution in [0.4, 0.5) is 13.2 Å². The molecule has 1 N–H and O–H groups in total. The minimum absolute atomic E-state index is 0.267. The van der Waals surface area contributed by atoms with Crippen molar-refractivity contribution in [2.45, 2.75) is 0 Å². The van der Waals surface area contributed by atoms with Crippen molar-refractivity contribution in [3.63, 3.8) is 0 Å². The molecule has 0 bridgehead atoms. The van der Waals surface area contributed by atoms with Crippen LogP contribution in [0, 0.1) is 17.5 Å². The van der Waals surface area contributed by atoms with E-state index in [-0.39, 0.29) is 5.41 Å². The predicted octanol–water partition coefficient (Wildman–Crippen LogP) is 1.96. The Bertz CT molecular complexity index is 508. The minimum Gasteiger partial charge on any atom is -0.282 e. The molecule has 15 heavy (non-hydrogen) atoms. The van der Waals surface area contributed by atoms with Gasteiger partial charge in [0.15, 0.2) is 17.5 Å². The molecule has 0 aromatic heterocycles. The van der Waals surface area contributed by atoms with Crippen molar-refractivity contribution < 1.29 is 26.1 Å². The van der Waals surface area contributed by atoms with Gasteiger partial charge in [0, 0.05) is 5.56 Å². The summed E-state index contributed by atoms with van der Waals surface area (Å²) in [6, 6.07) is 1.48. The van der Waals surface area contributed by atoms with Gasteiger partial charge in [-0.25, -0.2) is 13.2 Å². The molecule has 0 atom stereocenters. The Morgan fingerprint density at radius 1 is 1.13 bits per heavy atom. The van der Waals surface area contributed by atoms with Crippen LogP contribution in [0.25, 0.3) is 6.08 Å². The van der Waals surface area contributed by atoms with Crippen molar-refractivity contribution in [2.75, 3.05) is 0 Å². The molecule has 0 aliphatic heterocycles. The van der Waals surface area contributed by atoms with E-state index in [0.717, 1.165) is 6.07 Å². The summed E-state index contributed by atoms with van der Waals surface area (Å²) in [5.74, 6) is -4.60. The van der Waals surface area contributed by atoms with Crippen LogP contribution < -0.4 is 0 Å². The van der Waals surface area contributed by atoms with E-state index in [9.17, 15) is 21.6 Å². The third-order valence-electron chi connectivity index (χ3n) is 1.48. The van der Waals surface area contributed by atoms with Crippen LogP contribution in [0.3, 0.4) is 0 Å². The zero-order valence-corrected chi connectivity index (χ0v) is 7.93. The molecule has 1 rings (SSSR count). The van der Waals surface area contributed by atoms with Crippen LogP contribution in [-0.4, -0.2) is 13.0 Å². The molecular formula is C8H5F3O3S. The van der Waals surface area contributed by atoms with E-state index in [1.165, 1.54) is 0 Å². The Hall–Kier alpha value is -1.34. The third kappa shape index (κ3) is 3.07. The zero-order chi connectivity index (χ0) is 11.6. The van der Waals surface area contributed by atoms with Gasteiger partial charge in [0.25, 0.3) is 10.1 Å². The van der Waals surface area contributed by atoms with Gasteiger partial charge < -0.3 is 0 Å². The standard InChI is InChI=1S/C8H5F3O3S/c9-6-2-1-5(7(10)8(6)11)3-4-15(12,13)14/h1-4H,(H,12,13,14). The topological polar surface area (TPSA) is 54.4 Å². The van der Waals surface area contributed by atoms with Crippen molar-refractivity contribution in [3.8, 4) is 0 Å². The van der Waals surface area contributed by atoms with Gasteiger partial charge in [-0.3, -0.25) is 4.55 Å². The molecule has 0 aliphatic rings. The van der Waals surface area contributed by atoms with Gasteiger partial charge in [0.05, 0.1) is 5.41 Å². The lowest BCUT2D eigenvalue weighted by Gasteiger charge is -1.98. The van der Waals surface area contributed by atoms with Crippen LogP contribution in [0.15, 0.2) is 17.5 Å². The van der Waals surface area contributed by atoms with E-state index in [1.807, 2.05) is 0 Å². The molecule has 82 valence electrons. The highest BCUT2D eigenvalue weighted by Gasteiger charge is 2.11. The molecule has 0 spiro atoms. The molecule has 1 aromatic carbocycles. The Labute approximate surface area is 83.6 Å². The fourth-order valence-electron chi connectivity index (χ4n) is 0.829. The van der Waals surface area contributed by atoms with Crippen LogP contribution >= 0.6 is 0 Å². The van der Waals surface area contributed by atoms with Gasteiger partial charge in [0.2, 0.25) is 0 Å². The summed E-state index contributed by atoms with van der Waals surface area (Å²) >= 11 is 0. The summed E-state index contributed by atoms with van der Waals surface area (Å²) in [6.45, 7) is 0. The van der Waals surface area contributed by atoms with E-state index < -0.39 is 33.1 Å². The second-order valence-corrected chi connectivity index (χ2v) is 3.88. The lowest BCUT2D eigenvalue weighted by atomic mass is 10.2. The third-order valence-corrected chi connectivity index (χ3v) is 1.96. The minimum atomic E-state index is -4.43. The molecular weight excluding hydrogens is 233 g/mol. The Kier molecular flexibility index (Phi) is 3.15.